The van der Waals surface area contributed by atoms with Gasteiger partial charge in [0, 0.05) is 18.5 Å². The maximum atomic E-state index is 12.1. The Kier molecular flexibility index (Phi) is 4.43. The maximum absolute atomic E-state index is 12.1. The van der Waals surface area contributed by atoms with Crippen LogP contribution in [0.5, 0.6) is 0 Å². The summed E-state index contributed by atoms with van der Waals surface area (Å²) in [7, 11) is 0. The van der Waals surface area contributed by atoms with Crippen LogP contribution in [0, 0.1) is 17.8 Å². The van der Waals surface area contributed by atoms with E-state index in [0.29, 0.717) is 17.9 Å². The van der Waals surface area contributed by atoms with Crippen LogP contribution in [0.4, 0.5) is 0 Å². The molecule has 98 valence electrons. The van der Waals surface area contributed by atoms with Crippen molar-refractivity contribution in [3.63, 3.8) is 0 Å². The summed E-state index contributed by atoms with van der Waals surface area (Å²) in [6.45, 7) is 6.40. The van der Waals surface area contributed by atoms with Gasteiger partial charge >= 0.3 is 0 Å². The Bertz CT molecular complexity index is 267. The van der Waals surface area contributed by atoms with Crippen LogP contribution in [0.3, 0.4) is 0 Å². The van der Waals surface area contributed by atoms with E-state index in [0.717, 1.165) is 19.5 Å². The fourth-order valence-electron chi connectivity index (χ4n) is 3.26. The third kappa shape index (κ3) is 3.21. The molecule has 0 bridgehead atoms. The molecule has 2 fully saturated rings. The van der Waals surface area contributed by atoms with E-state index >= 15 is 0 Å². The lowest BCUT2D eigenvalue weighted by Gasteiger charge is -2.30. The average molecular weight is 238 g/mol. The van der Waals surface area contributed by atoms with Crippen molar-refractivity contribution in [2.24, 2.45) is 17.8 Å². The smallest absolute Gasteiger partial charge is 0.223 e. The number of nitrogens with one attached hydrogen (secondary N) is 2. The van der Waals surface area contributed by atoms with E-state index in [1.54, 1.807) is 0 Å². The summed E-state index contributed by atoms with van der Waals surface area (Å²) in [5.74, 6) is 1.82. The monoisotopic (exact) mass is 238 g/mol. The van der Waals surface area contributed by atoms with Gasteiger partial charge in [0.15, 0.2) is 0 Å². The summed E-state index contributed by atoms with van der Waals surface area (Å²) in [6.07, 6.45) is 6.08. The summed E-state index contributed by atoms with van der Waals surface area (Å²) in [5, 5.41) is 6.66. The van der Waals surface area contributed by atoms with Gasteiger partial charge in [0.2, 0.25) is 5.91 Å². The van der Waals surface area contributed by atoms with Crippen LogP contribution in [0.15, 0.2) is 0 Å². The second kappa shape index (κ2) is 5.85. The van der Waals surface area contributed by atoms with Crippen molar-refractivity contribution in [2.75, 3.05) is 13.1 Å². The molecule has 3 heteroatoms. The SMILES string of the molecule is CC1CCCNC1CNC(=O)C1CCCC1C. The highest BCUT2D eigenvalue weighted by Crippen LogP contribution is 2.31. The quantitative estimate of drug-likeness (QED) is 0.789. The molecule has 0 aromatic carbocycles. The molecule has 1 aliphatic heterocycles. The Balaban J connectivity index is 1.75. The number of carbonyl (C=O) groups excluding carboxylic acids is 1. The number of hydrogen-bond donors (Lipinski definition) is 2. The molecule has 17 heavy (non-hydrogen) atoms. The molecule has 1 heterocycles. The van der Waals surface area contributed by atoms with Crippen molar-refractivity contribution in [3.05, 3.63) is 0 Å². The number of rotatable bonds is 3. The number of carbonyl (C=O) groups is 1. The zero-order valence-electron chi connectivity index (χ0n) is 11.2. The molecule has 0 aromatic heterocycles. The number of amides is 1. The Morgan fingerprint density at radius 3 is 2.59 bits per heavy atom. The lowest BCUT2D eigenvalue weighted by Crippen LogP contribution is -2.48. The largest absolute Gasteiger partial charge is 0.354 e. The van der Waals surface area contributed by atoms with E-state index < -0.39 is 0 Å². The van der Waals surface area contributed by atoms with Gasteiger partial charge < -0.3 is 10.6 Å². The Labute approximate surface area is 105 Å². The Morgan fingerprint density at radius 1 is 1.18 bits per heavy atom. The van der Waals surface area contributed by atoms with Crippen LogP contribution in [-0.4, -0.2) is 25.0 Å². The van der Waals surface area contributed by atoms with Gasteiger partial charge in [-0.25, -0.2) is 0 Å². The molecule has 3 nitrogen and oxygen atoms in total. The van der Waals surface area contributed by atoms with E-state index in [4.69, 9.17) is 0 Å². The molecule has 0 radical (unpaired) electrons. The van der Waals surface area contributed by atoms with Crippen molar-refractivity contribution < 1.29 is 4.79 Å². The van der Waals surface area contributed by atoms with Crippen LogP contribution in [-0.2, 0) is 4.79 Å². The lowest BCUT2D eigenvalue weighted by molar-refractivity contribution is -0.126. The number of piperidine rings is 1. The van der Waals surface area contributed by atoms with Crippen LogP contribution in [0.1, 0.15) is 46.0 Å². The van der Waals surface area contributed by atoms with Crippen molar-refractivity contribution in [1.29, 1.82) is 0 Å². The Morgan fingerprint density at radius 2 is 1.94 bits per heavy atom. The molecule has 2 rings (SSSR count). The average Bonchev–Trinajstić information content (AvgIpc) is 2.74. The second-order valence-electron chi connectivity index (χ2n) is 5.94. The van der Waals surface area contributed by atoms with Gasteiger partial charge in [-0.15, -0.1) is 0 Å². The van der Waals surface area contributed by atoms with Crippen molar-refractivity contribution in [2.45, 2.75) is 52.0 Å². The minimum atomic E-state index is 0.272. The third-order valence-electron chi connectivity index (χ3n) is 4.62. The first kappa shape index (κ1) is 12.9. The highest BCUT2D eigenvalue weighted by atomic mass is 16.1. The van der Waals surface area contributed by atoms with E-state index in [-0.39, 0.29) is 11.8 Å². The van der Waals surface area contributed by atoms with E-state index in [1.807, 2.05) is 0 Å². The molecule has 4 unspecified atom stereocenters. The standard InChI is InChI=1S/C14H26N2O/c1-10-5-3-7-12(10)14(17)16-9-13-11(2)6-4-8-15-13/h10-13,15H,3-9H2,1-2H3,(H,16,17). The minimum Gasteiger partial charge on any atom is -0.354 e. The molecular weight excluding hydrogens is 212 g/mol. The van der Waals surface area contributed by atoms with Crippen LogP contribution >= 0.6 is 0 Å². The topological polar surface area (TPSA) is 41.1 Å². The predicted molar refractivity (Wildman–Crippen MR) is 69.7 cm³/mol. The highest BCUT2D eigenvalue weighted by molar-refractivity contribution is 5.79. The van der Waals surface area contributed by atoms with Crippen molar-refractivity contribution in [1.82, 2.24) is 10.6 Å². The molecule has 4 atom stereocenters. The minimum absolute atomic E-state index is 0.272. The van der Waals surface area contributed by atoms with E-state index in [1.165, 1.54) is 25.7 Å². The maximum Gasteiger partial charge on any atom is 0.223 e. The highest BCUT2D eigenvalue weighted by Gasteiger charge is 2.30. The molecule has 1 amide bonds. The van der Waals surface area contributed by atoms with Crippen LogP contribution in [0.2, 0.25) is 0 Å². The molecule has 1 aliphatic carbocycles. The van der Waals surface area contributed by atoms with Gasteiger partial charge in [-0.1, -0.05) is 20.3 Å². The summed E-state index contributed by atoms with van der Waals surface area (Å²) in [6, 6.07) is 0.476. The molecular formula is C14H26N2O. The summed E-state index contributed by atoms with van der Waals surface area (Å²) < 4.78 is 0. The summed E-state index contributed by atoms with van der Waals surface area (Å²) >= 11 is 0. The van der Waals surface area contributed by atoms with Crippen LogP contribution in [0.25, 0.3) is 0 Å². The van der Waals surface area contributed by atoms with Crippen molar-refractivity contribution in [3.8, 4) is 0 Å². The first-order chi connectivity index (χ1) is 8.18. The second-order valence-corrected chi connectivity index (χ2v) is 5.94. The first-order valence-electron chi connectivity index (χ1n) is 7.19. The van der Waals surface area contributed by atoms with E-state index in [2.05, 4.69) is 24.5 Å². The number of hydrogen-bond acceptors (Lipinski definition) is 2. The molecule has 2 N–H and O–H groups in total. The van der Waals surface area contributed by atoms with E-state index in [9.17, 15) is 4.79 Å². The van der Waals surface area contributed by atoms with Gasteiger partial charge in [-0.05, 0) is 44.1 Å². The van der Waals surface area contributed by atoms with Gasteiger partial charge in [0.05, 0.1) is 0 Å². The first-order valence-corrected chi connectivity index (χ1v) is 7.19. The summed E-state index contributed by atoms with van der Waals surface area (Å²) in [4.78, 5) is 12.1. The molecule has 0 aromatic rings. The zero-order valence-corrected chi connectivity index (χ0v) is 11.2. The normalized spacial score (nSPS) is 38.0. The molecule has 0 spiro atoms. The van der Waals surface area contributed by atoms with Gasteiger partial charge in [-0.3, -0.25) is 4.79 Å². The Hall–Kier alpha value is -0.570. The van der Waals surface area contributed by atoms with Gasteiger partial charge in [0.1, 0.15) is 0 Å². The molecule has 1 saturated carbocycles. The van der Waals surface area contributed by atoms with Crippen molar-refractivity contribution >= 4 is 5.91 Å². The van der Waals surface area contributed by atoms with Crippen LogP contribution < -0.4 is 10.6 Å². The molecule has 1 saturated heterocycles. The fourth-order valence-corrected chi connectivity index (χ4v) is 3.26. The fraction of sp³-hybridized carbons (Fsp3) is 0.929. The third-order valence-corrected chi connectivity index (χ3v) is 4.62. The summed E-state index contributed by atoms with van der Waals surface area (Å²) in [5.41, 5.74) is 0. The van der Waals surface area contributed by atoms with Gasteiger partial charge in [-0.2, -0.15) is 0 Å². The lowest BCUT2D eigenvalue weighted by atomic mass is 9.92. The molecule has 2 aliphatic rings. The zero-order chi connectivity index (χ0) is 12.3. The van der Waals surface area contributed by atoms with Gasteiger partial charge in [0.25, 0.3) is 0 Å². The predicted octanol–water partition coefficient (Wildman–Crippen LogP) is 1.93.